The lowest BCUT2D eigenvalue weighted by Gasteiger charge is -2.37. The molecule has 0 radical (unpaired) electrons. The van der Waals surface area contributed by atoms with Crippen LogP contribution in [0.5, 0.6) is 0 Å². The summed E-state index contributed by atoms with van der Waals surface area (Å²) >= 11 is 0. The summed E-state index contributed by atoms with van der Waals surface area (Å²) in [5.41, 5.74) is 9.94. The molecule has 1 saturated heterocycles. The average Bonchev–Trinajstić information content (AvgIpc) is 3.38. The van der Waals surface area contributed by atoms with Crippen LogP contribution in [0.2, 0.25) is 0 Å². The molecule has 0 aliphatic carbocycles. The van der Waals surface area contributed by atoms with Crippen LogP contribution in [0.25, 0.3) is 17.0 Å². The van der Waals surface area contributed by atoms with Crippen LogP contribution in [0, 0.1) is 6.92 Å². The first kappa shape index (κ1) is 23.0. The van der Waals surface area contributed by atoms with Crippen molar-refractivity contribution < 1.29 is 9.84 Å². The fourth-order valence-corrected chi connectivity index (χ4v) is 5.01. The topological polar surface area (TPSA) is 141 Å². The first-order chi connectivity index (χ1) is 18.0. The molecule has 0 spiro atoms. The van der Waals surface area contributed by atoms with Crippen molar-refractivity contribution in [2.75, 3.05) is 47.2 Å². The molecule has 6 rings (SSSR count). The number of aliphatic hydroxyl groups excluding tert-OH is 1. The lowest BCUT2D eigenvalue weighted by molar-refractivity contribution is 0.122. The number of benzene rings is 2. The van der Waals surface area contributed by atoms with Crippen LogP contribution >= 0.6 is 0 Å². The van der Waals surface area contributed by atoms with Gasteiger partial charge in [-0.05, 0) is 43.7 Å². The highest BCUT2D eigenvalue weighted by Gasteiger charge is 2.32. The number of morpholine rings is 1. The molecule has 2 aliphatic rings. The molecule has 0 bridgehead atoms. The van der Waals surface area contributed by atoms with E-state index in [2.05, 4.69) is 42.3 Å². The zero-order valence-electron chi connectivity index (χ0n) is 20.7. The predicted molar refractivity (Wildman–Crippen MR) is 143 cm³/mol. The van der Waals surface area contributed by atoms with Gasteiger partial charge in [-0.2, -0.15) is 9.97 Å². The van der Waals surface area contributed by atoms with Gasteiger partial charge in [0.25, 0.3) is 0 Å². The van der Waals surface area contributed by atoms with Crippen molar-refractivity contribution >= 4 is 40.2 Å². The summed E-state index contributed by atoms with van der Waals surface area (Å²) in [6.45, 7) is 7.01. The van der Waals surface area contributed by atoms with Gasteiger partial charge in [-0.25, -0.2) is 4.98 Å². The Morgan fingerprint density at radius 2 is 1.92 bits per heavy atom. The lowest BCUT2D eigenvalue weighted by atomic mass is 10.1. The molecule has 2 unspecified atom stereocenters. The van der Waals surface area contributed by atoms with E-state index in [4.69, 9.17) is 15.5 Å². The minimum atomic E-state index is -0.487. The van der Waals surface area contributed by atoms with Crippen molar-refractivity contribution in [2.45, 2.75) is 26.1 Å². The largest absolute Gasteiger partial charge is 0.494 e. The standard InChI is InChI=1S/C26H29N9O2/c1-15-5-3-8-19-20(15)25(36)35(18-7-4-6-17(13-18)34-9-11-37-12-10-34)24(31-19)16(2)30-23-21-22(29-14-28-21)32-26(27)33-23/h3-8,13-14,16,24,36H,9-12H2,1-2H3,(H4,27,28,29,30,32,33). The third kappa shape index (κ3) is 4.16. The number of aromatic amines is 1. The third-order valence-electron chi connectivity index (χ3n) is 6.83. The number of fused-ring (bicyclic) bond motifs is 2. The number of rotatable bonds is 5. The number of hydrogen-bond acceptors (Lipinski definition) is 10. The van der Waals surface area contributed by atoms with Gasteiger partial charge in [-0.1, -0.05) is 18.2 Å². The molecule has 11 heteroatoms. The van der Waals surface area contributed by atoms with Crippen molar-refractivity contribution in [3.63, 3.8) is 0 Å². The summed E-state index contributed by atoms with van der Waals surface area (Å²) in [5.74, 6) is 0.800. The molecule has 5 N–H and O–H groups in total. The monoisotopic (exact) mass is 499 g/mol. The number of aliphatic hydroxyl groups is 1. The molecule has 2 aromatic heterocycles. The van der Waals surface area contributed by atoms with E-state index in [1.807, 2.05) is 49.1 Å². The Bertz CT molecular complexity index is 1580. The fourth-order valence-electron chi connectivity index (χ4n) is 5.01. The van der Waals surface area contributed by atoms with E-state index in [1.165, 1.54) is 0 Å². The van der Waals surface area contributed by atoms with E-state index < -0.39 is 6.17 Å². The van der Waals surface area contributed by atoms with Gasteiger partial charge in [0.1, 0.15) is 11.7 Å². The van der Waals surface area contributed by atoms with Crippen molar-refractivity contribution in [3.05, 3.63) is 64.9 Å². The molecule has 2 aromatic carbocycles. The zero-order valence-corrected chi connectivity index (χ0v) is 20.7. The highest BCUT2D eigenvalue weighted by molar-refractivity contribution is 5.83. The number of H-pyrrole nitrogens is 1. The highest BCUT2D eigenvalue weighted by Crippen LogP contribution is 2.30. The first-order valence-corrected chi connectivity index (χ1v) is 12.3. The molecule has 11 nitrogen and oxygen atoms in total. The number of ether oxygens (including phenoxy) is 1. The number of imidazole rings is 1. The second-order valence-electron chi connectivity index (χ2n) is 9.29. The number of hydrogen-bond donors (Lipinski definition) is 4. The highest BCUT2D eigenvalue weighted by atomic mass is 16.5. The molecular weight excluding hydrogens is 470 g/mol. The van der Waals surface area contributed by atoms with Crippen LogP contribution < -0.4 is 31.4 Å². The minimum absolute atomic E-state index is 0.137. The van der Waals surface area contributed by atoms with Crippen molar-refractivity contribution in [1.82, 2.24) is 19.9 Å². The van der Waals surface area contributed by atoms with Gasteiger partial charge in [0.15, 0.2) is 11.5 Å². The van der Waals surface area contributed by atoms with Crippen LogP contribution in [0.1, 0.15) is 12.5 Å². The Balaban J connectivity index is 1.44. The van der Waals surface area contributed by atoms with Crippen LogP contribution in [0.3, 0.4) is 0 Å². The number of nitrogens with two attached hydrogens (primary N) is 1. The van der Waals surface area contributed by atoms with E-state index >= 15 is 0 Å². The van der Waals surface area contributed by atoms with Gasteiger partial charge in [0, 0.05) is 24.5 Å². The van der Waals surface area contributed by atoms with Gasteiger partial charge >= 0.3 is 0 Å². The summed E-state index contributed by atoms with van der Waals surface area (Å²) in [4.78, 5) is 25.2. The van der Waals surface area contributed by atoms with Gasteiger partial charge < -0.3 is 30.8 Å². The molecule has 37 heavy (non-hydrogen) atoms. The molecule has 1 fully saturated rings. The molecule has 190 valence electrons. The van der Waals surface area contributed by atoms with Crippen LogP contribution in [-0.4, -0.2) is 63.6 Å². The summed E-state index contributed by atoms with van der Waals surface area (Å²) < 4.78 is 5.53. The van der Waals surface area contributed by atoms with Crippen molar-refractivity contribution in [3.8, 4) is 0 Å². The second-order valence-corrected chi connectivity index (χ2v) is 9.29. The molecule has 2 atom stereocenters. The van der Waals surface area contributed by atoms with E-state index in [9.17, 15) is 5.11 Å². The Morgan fingerprint density at radius 1 is 1.14 bits per heavy atom. The predicted octanol–water partition coefficient (Wildman–Crippen LogP) is 1.67. The smallest absolute Gasteiger partial charge is 0.224 e. The van der Waals surface area contributed by atoms with E-state index in [-0.39, 0.29) is 17.9 Å². The van der Waals surface area contributed by atoms with Crippen LogP contribution in [0.4, 0.5) is 23.1 Å². The average molecular weight is 500 g/mol. The number of aromatic nitrogens is 4. The fraction of sp³-hybridized carbons (Fsp3) is 0.308. The maximum atomic E-state index is 11.7. The van der Waals surface area contributed by atoms with Gasteiger partial charge in [0.2, 0.25) is 11.8 Å². The molecule has 2 aliphatic heterocycles. The Morgan fingerprint density at radius 3 is 2.76 bits per heavy atom. The first-order valence-electron chi connectivity index (χ1n) is 12.3. The quantitative estimate of drug-likeness (QED) is 0.323. The number of aryl methyl sites for hydroxylation is 1. The number of nitrogen functional groups attached to an aromatic ring is 1. The van der Waals surface area contributed by atoms with E-state index in [0.29, 0.717) is 30.2 Å². The normalized spacial score (nSPS) is 18.4. The van der Waals surface area contributed by atoms with E-state index in [0.717, 1.165) is 40.6 Å². The Hall–Kier alpha value is -4.38. The second kappa shape index (κ2) is 9.25. The number of nitrogens with one attached hydrogen (secondary N) is 2. The summed E-state index contributed by atoms with van der Waals surface area (Å²) in [6, 6.07) is 13.7. The maximum absolute atomic E-state index is 11.7. The zero-order chi connectivity index (χ0) is 25.5. The van der Waals surface area contributed by atoms with Gasteiger partial charge in [-0.15, -0.1) is 0 Å². The maximum Gasteiger partial charge on any atom is 0.224 e. The molecule has 4 aromatic rings. The molecule has 4 heterocycles. The third-order valence-corrected chi connectivity index (χ3v) is 6.83. The van der Waals surface area contributed by atoms with Crippen molar-refractivity contribution in [2.24, 2.45) is 4.99 Å². The van der Waals surface area contributed by atoms with Crippen LogP contribution in [0.15, 0.2) is 53.8 Å². The van der Waals surface area contributed by atoms with Crippen molar-refractivity contribution in [1.29, 1.82) is 0 Å². The van der Waals surface area contributed by atoms with Crippen LogP contribution in [-0.2, 0) is 4.74 Å². The Kier molecular flexibility index (Phi) is 5.76. The molecule has 0 saturated carbocycles. The number of nitrogens with zero attached hydrogens (tertiary/aromatic N) is 6. The van der Waals surface area contributed by atoms with E-state index in [1.54, 1.807) is 6.33 Å². The summed E-state index contributed by atoms with van der Waals surface area (Å²) in [6.07, 6.45) is 1.07. The SMILES string of the molecule is Cc1cccc2c1=C(O)N(c1cccc(N3CCOCC3)c1)C(C(C)Nc1nc(N)nc3[nH]cnc13)N=2. The lowest BCUT2D eigenvalue weighted by Crippen LogP contribution is -2.52. The van der Waals surface area contributed by atoms with Gasteiger partial charge in [0.05, 0.1) is 36.2 Å². The number of anilines is 4. The molecule has 0 amide bonds. The summed E-state index contributed by atoms with van der Waals surface area (Å²) in [7, 11) is 0. The molecular formula is C26H29N9O2. The minimum Gasteiger partial charge on any atom is -0.494 e. The Labute approximate surface area is 213 Å². The van der Waals surface area contributed by atoms with Gasteiger partial charge in [-0.3, -0.25) is 9.89 Å². The summed E-state index contributed by atoms with van der Waals surface area (Å²) in [5, 5.41) is 16.6.